The van der Waals surface area contributed by atoms with Crippen molar-refractivity contribution in [3.63, 3.8) is 0 Å². The maximum Gasteiger partial charge on any atom is 0.263 e. The van der Waals surface area contributed by atoms with E-state index >= 15 is 0 Å². The summed E-state index contributed by atoms with van der Waals surface area (Å²) in [4.78, 5) is 62.7. The van der Waals surface area contributed by atoms with E-state index in [0.717, 1.165) is 72.8 Å². The van der Waals surface area contributed by atoms with Crippen molar-refractivity contribution in [3.8, 4) is 11.5 Å². The van der Waals surface area contributed by atoms with Crippen LogP contribution >= 0.6 is 0 Å². The van der Waals surface area contributed by atoms with Crippen LogP contribution in [-0.4, -0.2) is 54.1 Å². The average Bonchev–Trinajstić information content (AvgIpc) is 3.48. The van der Waals surface area contributed by atoms with Crippen molar-refractivity contribution >= 4 is 46.5 Å². The third kappa shape index (κ3) is 11.6. The summed E-state index contributed by atoms with van der Waals surface area (Å²) in [5.74, 6) is 0.175. The fourth-order valence-electron chi connectivity index (χ4n) is 6.76. The highest BCUT2D eigenvalue weighted by atomic mass is 16.5. The van der Waals surface area contributed by atoms with Crippen molar-refractivity contribution in [2.24, 2.45) is 0 Å². The Morgan fingerprint density at radius 2 is 1.65 bits per heavy atom. The van der Waals surface area contributed by atoms with Gasteiger partial charge in [0.1, 0.15) is 11.5 Å². The monoisotopic (exact) mass is 768 g/mol. The number of hydrogen-bond acceptors (Lipinski definition) is 7. The highest BCUT2D eigenvalue weighted by Gasteiger charge is 2.40. The summed E-state index contributed by atoms with van der Waals surface area (Å²) < 4.78 is 6.12. The number of hydrogen-bond donors (Lipinski definition) is 3. The number of nitrogens with zero attached hydrogens (tertiary/aromatic N) is 1. The molecule has 0 aromatic heterocycles. The number of carbonyl (C=O) groups is 5. The zero-order valence-corrected chi connectivity index (χ0v) is 32.9. The first-order valence-corrected chi connectivity index (χ1v) is 19.7. The van der Waals surface area contributed by atoms with Gasteiger partial charge < -0.3 is 15.4 Å². The van der Waals surface area contributed by atoms with Crippen LogP contribution in [0.3, 0.4) is 0 Å². The normalized spacial score (nSPS) is 13.1. The number of imide groups is 2. The van der Waals surface area contributed by atoms with Crippen molar-refractivity contribution in [3.05, 3.63) is 138 Å². The topological polar surface area (TPSA) is 134 Å². The van der Waals surface area contributed by atoms with Crippen molar-refractivity contribution in [1.82, 2.24) is 15.5 Å². The minimum atomic E-state index is -0.483. The summed E-state index contributed by atoms with van der Waals surface area (Å²) in [6.45, 7) is 8.74. The van der Waals surface area contributed by atoms with Crippen LogP contribution in [0.4, 0.5) is 5.69 Å². The molecule has 1 aliphatic rings. The highest BCUT2D eigenvalue weighted by Crippen LogP contribution is 2.32. The van der Waals surface area contributed by atoms with Gasteiger partial charge in [-0.05, 0) is 99.0 Å². The number of benzene rings is 4. The van der Waals surface area contributed by atoms with Gasteiger partial charge in [0.15, 0.2) is 0 Å². The molecule has 5 amide bonds. The van der Waals surface area contributed by atoms with Gasteiger partial charge in [-0.3, -0.25) is 34.2 Å². The third-order valence-corrected chi connectivity index (χ3v) is 10.0. The smallest absolute Gasteiger partial charge is 0.263 e. The van der Waals surface area contributed by atoms with Gasteiger partial charge in [0.05, 0.1) is 11.1 Å². The van der Waals surface area contributed by atoms with Crippen LogP contribution < -0.4 is 20.7 Å². The van der Waals surface area contributed by atoms with Gasteiger partial charge in [-0.2, -0.15) is 0 Å². The molecule has 0 fully saturated rings. The van der Waals surface area contributed by atoms with Gasteiger partial charge >= 0.3 is 0 Å². The van der Waals surface area contributed by atoms with Crippen LogP contribution in [-0.2, 0) is 9.59 Å². The van der Waals surface area contributed by atoms with E-state index in [-0.39, 0.29) is 30.6 Å². The number of carbonyl (C=O) groups excluding carboxylic acids is 5. The van der Waals surface area contributed by atoms with Crippen LogP contribution in [0.5, 0.6) is 11.5 Å². The lowest BCUT2D eigenvalue weighted by atomic mass is 10.1. The molecule has 0 bridgehead atoms. The zero-order valence-electron chi connectivity index (χ0n) is 32.9. The summed E-state index contributed by atoms with van der Waals surface area (Å²) in [6, 6.07) is 24.1. The molecule has 4 aromatic rings. The van der Waals surface area contributed by atoms with Crippen molar-refractivity contribution in [2.45, 2.75) is 77.7 Å². The Kier molecular flexibility index (Phi) is 15.5. The first-order chi connectivity index (χ1) is 27.7. The molecular formula is C47H52N4O6. The quantitative estimate of drug-likeness (QED) is 0.0314. The molecule has 5 rings (SSSR count). The maximum atomic E-state index is 13.3. The number of ether oxygens (including phenoxy) is 1. The number of allylic oxidation sites excluding steroid dienone is 3. The molecule has 296 valence electrons. The van der Waals surface area contributed by atoms with Gasteiger partial charge in [0.25, 0.3) is 17.7 Å². The molecular weight excluding hydrogens is 717 g/mol. The van der Waals surface area contributed by atoms with Gasteiger partial charge in [-0.25, -0.2) is 0 Å². The Labute approximate surface area is 335 Å². The summed E-state index contributed by atoms with van der Waals surface area (Å²) in [5.41, 5.74) is 4.05. The third-order valence-electron chi connectivity index (χ3n) is 10.0. The molecule has 0 saturated heterocycles. The summed E-state index contributed by atoms with van der Waals surface area (Å²) >= 11 is 0. The summed E-state index contributed by atoms with van der Waals surface area (Å²) in [6.07, 6.45) is 16.0. The van der Waals surface area contributed by atoms with Crippen molar-refractivity contribution < 1.29 is 28.7 Å². The van der Waals surface area contributed by atoms with Gasteiger partial charge in [-0.1, -0.05) is 92.5 Å². The molecule has 10 nitrogen and oxygen atoms in total. The Balaban J connectivity index is 0.961. The van der Waals surface area contributed by atoms with Crippen molar-refractivity contribution in [2.75, 3.05) is 18.4 Å². The van der Waals surface area contributed by atoms with E-state index in [0.29, 0.717) is 41.9 Å². The van der Waals surface area contributed by atoms with Crippen LogP contribution in [0.15, 0.2) is 115 Å². The molecule has 10 heteroatoms. The second-order valence-corrected chi connectivity index (χ2v) is 14.3. The number of unbranched alkanes of at least 4 members (excludes halogenated alkanes) is 6. The molecule has 0 saturated carbocycles. The Hall–Kier alpha value is -6.29. The van der Waals surface area contributed by atoms with E-state index in [2.05, 4.69) is 28.6 Å². The second-order valence-electron chi connectivity index (χ2n) is 14.3. The number of anilines is 1. The minimum Gasteiger partial charge on any atom is -0.457 e. The average molecular weight is 769 g/mol. The number of nitrogens with one attached hydrogen (secondary N) is 3. The first kappa shape index (κ1) is 41.9. The maximum absolute atomic E-state index is 13.3. The van der Waals surface area contributed by atoms with Crippen molar-refractivity contribution in [1.29, 1.82) is 0 Å². The predicted molar refractivity (Wildman–Crippen MR) is 226 cm³/mol. The Bertz CT molecular complexity index is 2140. The lowest BCUT2D eigenvalue weighted by Crippen LogP contribution is -2.38. The van der Waals surface area contributed by atoms with E-state index < -0.39 is 11.9 Å². The molecule has 1 atom stereocenters. The number of fused-ring (bicyclic) bond motifs is 2. The standard InChI is InChI=1S/C47H52N4O6/c1-4-35(31-49-45(54)37-24-27-39-36(30-37)17-14-20-42(39)57-38-25-21-33(2)22-26-38)16-12-10-8-6-5-7-9-11-13-29-48-41-19-15-18-40-44(41)47(56)51(46(40)55)34(3)23-28-43(53)50-32-52/h4,10,12,14-22,24-27,30,32,34,48H,1,5-9,11,13,23,28-29,31H2,2-3H3,(H,49,54)(H,50,52,53)/b12-10-,35-16+. The number of aryl methyl sites for hydroxylation is 1. The molecule has 57 heavy (non-hydrogen) atoms. The Morgan fingerprint density at radius 1 is 0.895 bits per heavy atom. The molecule has 1 heterocycles. The molecule has 4 aromatic carbocycles. The molecule has 0 spiro atoms. The van der Waals surface area contributed by atoms with E-state index in [1.54, 1.807) is 25.1 Å². The van der Waals surface area contributed by atoms with Crippen LogP contribution in [0, 0.1) is 6.92 Å². The lowest BCUT2D eigenvalue weighted by Gasteiger charge is -2.22. The van der Waals surface area contributed by atoms with Crippen LogP contribution in [0.1, 0.15) is 101 Å². The first-order valence-electron chi connectivity index (χ1n) is 19.7. The molecule has 0 aliphatic carbocycles. The van der Waals surface area contributed by atoms with E-state index in [1.807, 2.05) is 85.8 Å². The highest BCUT2D eigenvalue weighted by molar-refractivity contribution is 6.24. The SMILES string of the molecule is C=C/C(=C\C=C/CCCCCCCCNc1cccc2c1C(=O)N(C(C)CCC(=O)NC=O)C2=O)CNC(=O)c1ccc2c(Oc3ccc(C)cc3)cccc2c1. The van der Waals surface area contributed by atoms with E-state index in [4.69, 9.17) is 4.74 Å². The van der Waals surface area contributed by atoms with E-state index in [1.165, 1.54) is 10.5 Å². The Morgan fingerprint density at radius 3 is 2.42 bits per heavy atom. The van der Waals surface area contributed by atoms with Gasteiger partial charge in [-0.15, -0.1) is 0 Å². The number of amides is 5. The summed E-state index contributed by atoms with van der Waals surface area (Å²) in [7, 11) is 0. The summed E-state index contributed by atoms with van der Waals surface area (Å²) in [5, 5.41) is 10.3. The molecule has 3 N–H and O–H groups in total. The zero-order chi connectivity index (χ0) is 40.6. The fraction of sp³-hybridized carbons (Fsp3) is 0.298. The van der Waals surface area contributed by atoms with Crippen LogP contribution in [0.2, 0.25) is 0 Å². The van der Waals surface area contributed by atoms with Gasteiger partial charge in [0.2, 0.25) is 12.3 Å². The van der Waals surface area contributed by atoms with E-state index in [9.17, 15) is 24.0 Å². The molecule has 1 unspecified atom stereocenters. The fourth-order valence-corrected chi connectivity index (χ4v) is 6.76. The predicted octanol–water partition coefficient (Wildman–Crippen LogP) is 9.22. The second kappa shape index (κ2) is 21.1. The number of rotatable bonds is 22. The van der Waals surface area contributed by atoms with Crippen LogP contribution in [0.25, 0.3) is 10.8 Å². The minimum absolute atomic E-state index is 0.0362. The molecule has 1 aliphatic heterocycles. The largest absolute Gasteiger partial charge is 0.457 e. The lowest BCUT2D eigenvalue weighted by molar-refractivity contribution is -0.125. The molecule has 0 radical (unpaired) electrons. The van der Waals surface area contributed by atoms with Gasteiger partial charge in [0, 0.05) is 42.2 Å².